The molecule has 1 aliphatic rings. The SMILES string of the molecule is OC1CC[CH-]CC1.[Rb+]. The van der Waals surface area contributed by atoms with E-state index in [2.05, 4.69) is 6.42 Å². The predicted molar refractivity (Wildman–Crippen MR) is 28.8 cm³/mol. The van der Waals surface area contributed by atoms with Gasteiger partial charge in [0, 0.05) is 6.10 Å². The third kappa shape index (κ3) is 3.73. The van der Waals surface area contributed by atoms with Gasteiger partial charge >= 0.3 is 58.2 Å². The topological polar surface area (TPSA) is 20.2 Å². The molecule has 0 aromatic heterocycles. The first kappa shape index (κ1) is 9.77. The van der Waals surface area contributed by atoms with E-state index < -0.39 is 0 Å². The minimum Gasteiger partial charge on any atom is -0.393 e. The molecule has 0 amide bonds. The molecule has 2 heteroatoms. The molecular weight excluding hydrogens is 174 g/mol. The maximum atomic E-state index is 8.89. The molecule has 8 heavy (non-hydrogen) atoms. The van der Waals surface area contributed by atoms with Crippen LogP contribution in [0.2, 0.25) is 0 Å². The van der Waals surface area contributed by atoms with Gasteiger partial charge in [-0.3, -0.25) is 0 Å². The van der Waals surface area contributed by atoms with Crippen LogP contribution in [0.1, 0.15) is 25.7 Å². The van der Waals surface area contributed by atoms with Crippen LogP contribution in [0.25, 0.3) is 0 Å². The number of hydrogen-bond acceptors (Lipinski definition) is 1. The van der Waals surface area contributed by atoms with Crippen LogP contribution < -0.4 is 58.2 Å². The maximum absolute atomic E-state index is 8.89. The summed E-state index contributed by atoms with van der Waals surface area (Å²) in [5, 5.41) is 8.89. The summed E-state index contributed by atoms with van der Waals surface area (Å²) in [5.41, 5.74) is 0. The van der Waals surface area contributed by atoms with Gasteiger partial charge in [0.1, 0.15) is 0 Å². The fourth-order valence-electron chi connectivity index (χ4n) is 0.909. The Bertz CT molecular complexity index is 50.5. The molecule has 1 aliphatic carbocycles. The fraction of sp³-hybridized carbons (Fsp3) is 0.833. The molecule has 0 atom stereocenters. The molecule has 1 N–H and O–H groups in total. The molecule has 1 nitrogen and oxygen atoms in total. The second kappa shape index (κ2) is 5.54. The Balaban J connectivity index is 0.000000490. The Morgan fingerprint density at radius 1 is 1.25 bits per heavy atom. The van der Waals surface area contributed by atoms with Crippen molar-refractivity contribution in [3.05, 3.63) is 6.42 Å². The van der Waals surface area contributed by atoms with Crippen molar-refractivity contribution in [2.45, 2.75) is 31.8 Å². The Kier molecular flexibility index (Phi) is 6.77. The molecule has 0 aromatic rings. The second-order valence-corrected chi connectivity index (χ2v) is 2.10. The zero-order valence-electron chi connectivity index (χ0n) is 5.43. The number of aliphatic hydroxyl groups is 1. The van der Waals surface area contributed by atoms with Crippen LogP contribution in [0.15, 0.2) is 0 Å². The minimum absolute atomic E-state index is 0. The van der Waals surface area contributed by atoms with Gasteiger partial charge < -0.3 is 11.5 Å². The summed E-state index contributed by atoms with van der Waals surface area (Å²) in [5.74, 6) is 0. The van der Waals surface area contributed by atoms with Gasteiger partial charge in [0.05, 0.1) is 0 Å². The maximum Gasteiger partial charge on any atom is 1.00 e. The van der Waals surface area contributed by atoms with Gasteiger partial charge in [-0.2, -0.15) is 12.8 Å². The van der Waals surface area contributed by atoms with E-state index in [1.807, 2.05) is 0 Å². The molecule has 1 rings (SSSR count). The molecule has 0 aliphatic heterocycles. The van der Waals surface area contributed by atoms with E-state index >= 15 is 0 Å². The molecular formula is C6H11ORb. The van der Waals surface area contributed by atoms with Gasteiger partial charge in [-0.1, -0.05) is 12.8 Å². The Hall–Kier alpha value is 1.77. The molecule has 0 unspecified atom stereocenters. The zero-order valence-corrected chi connectivity index (χ0v) is 10.3. The van der Waals surface area contributed by atoms with Crippen molar-refractivity contribution in [3.8, 4) is 0 Å². The third-order valence-corrected chi connectivity index (χ3v) is 1.41. The average molecular weight is 185 g/mol. The van der Waals surface area contributed by atoms with Crippen molar-refractivity contribution >= 4 is 0 Å². The van der Waals surface area contributed by atoms with Crippen molar-refractivity contribution in [2.24, 2.45) is 0 Å². The molecule has 0 spiro atoms. The third-order valence-electron chi connectivity index (χ3n) is 1.41. The summed E-state index contributed by atoms with van der Waals surface area (Å²) in [6.45, 7) is 0. The van der Waals surface area contributed by atoms with Crippen molar-refractivity contribution in [2.75, 3.05) is 0 Å². The molecule has 1 saturated carbocycles. The monoisotopic (exact) mass is 184 g/mol. The van der Waals surface area contributed by atoms with Crippen LogP contribution in [0.4, 0.5) is 0 Å². The molecule has 0 aromatic carbocycles. The number of hydrogen-bond donors (Lipinski definition) is 1. The van der Waals surface area contributed by atoms with Gasteiger partial charge in [-0.05, 0) is 0 Å². The predicted octanol–water partition coefficient (Wildman–Crippen LogP) is -1.87. The van der Waals surface area contributed by atoms with Gasteiger partial charge in [0.15, 0.2) is 0 Å². The Morgan fingerprint density at radius 3 is 2.00 bits per heavy atom. The van der Waals surface area contributed by atoms with Crippen molar-refractivity contribution in [1.29, 1.82) is 0 Å². The average Bonchev–Trinajstić information content (AvgIpc) is 1.69. The Labute approximate surface area is 99.6 Å². The van der Waals surface area contributed by atoms with E-state index in [-0.39, 0.29) is 64.3 Å². The summed E-state index contributed by atoms with van der Waals surface area (Å²) in [6.07, 6.45) is 6.44. The van der Waals surface area contributed by atoms with Crippen LogP contribution >= 0.6 is 0 Å². The fourth-order valence-corrected chi connectivity index (χ4v) is 0.909. The van der Waals surface area contributed by atoms with E-state index in [9.17, 15) is 0 Å². The summed E-state index contributed by atoms with van der Waals surface area (Å²) in [7, 11) is 0. The first-order valence-corrected chi connectivity index (χ1v) is 2.89. The zero-order chi connectivity index (χ0) is 5.11. The van der Waals surface area contributed by atoms with Crippen LogP contribution in [-0.4, -0.2) is 11.2 Å². The van der Waals surface area contributed by atoms with Gasteiger partial charge in [0.2, 0.25) is 0 Å². The van der Waals surface area contributed by atoms with Crippen LogP contribution in [-0.2, 0) is 0 Å². The van der Waals surface area contributed by atoms with Crippen LogP contribution in [0.3, 0.4) is 0 Å². The van der Waals surface area contributed by atoms with E-state index in [1.54, 1.807) is 0 Å². The van der Waals surface area contributed by atoms with Crippen molar-refractivity contribution in [1.82, 2.24) is 0 Å². The van der Waals surface area contributed by atoms with E-state index in [1.165, 1.54) is 0 Å². The standard InChI is InChI=1S/C6H11O.Rb/c7-6-4-2-1-3-5-6;/h1,6-7H,2-5H2;/q-1;+1. The van der Waals surface area contributed by atoms with Crippen molar-refractivity contribution < 1.29 is 63.3 Å². The number of rotatable bonds is 0. The van der Waals surface area contributed by atoms with Crippen LogP contribution in [0, 0.1) is 6.42 Å². The summed E-state index contributed by atoms with van der Waals surface area (Å²) in [6, 6.07) is 0. The van der Waals surface area contributed by atoms with E-state index in [0.717, 1.165) is 25.7 Å². The largest absolute Gasteiger partial charge is 1.00 e. The molecule has 0 saturated heterocycles. The minimum atomic E-state index is 0. The molecule has 0 heterocycles. The first-order chi connectivity index (χ1) is 3.39. The smallest absolute Gasteiger partial charge is 0.393 e. The molecule has 1 fully saturated rings. The first-order valence-electron chi connectivity index (χ1n) is 2.89. The Morgan fingerprint density at radius 2 is 1.75 bits per heavy atom. The molecule has 0 bridgehead atoms. The van der Waals surface area contributed by atoms with Gasteiger partial charge in [-0.15, -0.1) is 0 Å². The number of aliphatic hydroxyl groups excluding tert-OH is 1. The van der Waals surface area contributed by atoms with Crippen LogP contribution in [0.5, 0.6) is 0 Å². The quantitative estimate of drug-likeness (QED) is 0.438. The van der Waals surface area contributed by atoms with E-state index in [4.69, 9.17) is 5.11 Å². The normalized spacial score (nSPS) is 22.1. The van der Waals surface area contributed by atoms with Gasteiger partial charge in [-0.25, -0.2) is 0 Å². The summed E-state index contributed by atoms with van der Waals surface area (Å²) < 4.78 is 0. The second-order valence-electron chi connectivity index (χ2n) is 2.10. The molecule has 42 valence electrons. The van der Waals surface area contributed by atoms with Crippen molar-refractivity contribution in [3.63, 3.8) is 0 Å². The summed E-state index contributed by atoms with van der Waals surface area (Å²) in [4.78, 5) is 0. The van der Waals surface area contributed by atoms with E-state index in [0.29, 0.717) is 0 Å². The molecule has 0 radical (unpaired) electrons. The summed E-state index contributed by atoms with van der Waals surface area (Å²) >= 11 is 0. The van der Waals surface area contributed by atoms with Gasteiger partial charge in [0.25, 0.3) is 0 Å².